The molecule has 1 fully saturated rings. The van der Waals surface area contributed by atoms with Gasteiger partial charge in [-0.3, -0.25) is 9.88 Å². The average molecular weight is 390 g/mol. The Morgan fingerprint density at radius 2 is 1.97 bits per heavy atom. The van der Waals surface area contributed by atoms with Gasteiger partial charge in [-0.05, 0) is 55.8 Å². The molecule has 2 amide bonds. The Morgan fingerprint density at radius 1 is 1.14 bits per heavy atom. The fourth-order valence-corrected chi connectivity index (χ4v) is 3.86. The van der Waals surface area contributed by atoms with Crippen LogP contribution in [-0.2, 0) is 0 Å². The third-order valence-electron chi connectivity index (χ3n) is 5.36. The van der Waals surface area contributed by atoms with E-state index in [1.54, 1.807) is 13.3 Å². The van der Waals surface area contributed by atoms with Crippen LogP contribution >= 0.6 is 0 Å². The largest absolute Gasteiger partial charge is 0.497 e. The van der Waals surface area contributed by atoms with Gasteiger partial charge in [-0.2, -0.15) is 0 Å². The molecule has 0 saturated carbocycles. The number of nitrogens with zero attached hydrogens (tertiary/aromatic N) is 2. The summed E-state index contributed by atoms with van der Waals surface area (Å²) in [4.78, 5) is 19.3. The number of para-hydroxylation sites is 1. The highest BCUT2D eigenvalue weighted by molar-refractivity contribution is 5.92. The number of aromatic nitrogens is 1. The summed E-state index contributed by atoms with van der Waals surface area (Å²) in [5.41, 5.74) is 2.74. The number of nitrogens with one attached hydrogen (secondary N) is 2. The van der Waals surface area contributed by atoms with Crippen LogP contribution in [0.25, 0.3) is 10.9 Å². The number of anilines is 1. The summed E-state index contributed by atoms with van der Waals surface area (Å²) in [5.74, 6) is 0.832. The Kier molecular flexibility index (Phi) is 5.91. The van der Waals surface area contributed by atoms with Crippen molar-refractivity contribution >= 4 is 22.6 Å². The van der Waals surface area contributed by atoms with Gasteiger partial charge in [0.2, 0.25) is 0 Å². The summed E-state index contributed by atoms with van der Waals surface area (Å²) in [5, 5.41) is 6.93. The number of ether oxygens (including phenoxy) is 1. The van der Waals surface area contributed by atoms with E-state index < -0.39 is 0 Å². The first kappa shape index (κ1) is 19.2. The highest BCUT2D eigenvalue weighted by Crippen LogP contribution is 2.27. The molecular weight excluding hydrogens is 364 g/mol. The van der Waals surface area contributed by atoms with Crippen molar-refractivity contribution in [1.82, 2.24) is 15.2 Å². The van der Waals surface area contributed by atoms with Crippen LogP contribution in [0.2, 0.25) is 0 Å². The number of carbonyl (C=O) groups excluding carboxylic acids is 1. The molecule has 1 aliphatic rings. The molecule has 0 aliphatic carbocycles. The second-order valence-electron chi connectivity index (χ2n) is 7.29. The Balaban J connectivity index is 1.43. The Hall–Kier alpha value is -3.12. The number of hydrogen-bond acceptors (Lipinski definition) is 4. The second kappa shape index (κ2) is 8.92. The van der Waals surface area contributed by atoms with Gasteiger partial charge in [0.1, 0.15) is 5.75 Å². The molecule has 2 heterocycles. The highest BCUT2D eigenvalue weighted by Gasteiger charge is 2.24. The number of hydrogen-bond donors (Lipinski definition) is 2. The zero-order valence-corrected chi connectivity index (χ0v) is 16.6. The SMILES string of the molecule is COc1cccc([C@@H](CNC(=O)Nc2cnc3ccccc3c2)N2CCCC2)c1. The minimum atomic E-state index is -0.228. The van der Waals surface area contributed by atoms with E-state index in [2.05, 4.69) is 32.7 Å². The van der Waals surface area contributed by atoms with Crippen LogP contribution in [0.4, 0.5) is 10.5 Å². The van der Waals surface area contributed by atoms with Crippen molar-refractivity contribution in [2.24, 2.45) is 0 Å². The Bertz CT molecular complexity index is 985. The van der Waals surface area contributed by atoms with Crippen LogP contribution in [0.15, 0.2) is 60.8 Å². The first-order chi connectivity index (χ1) is 14.2. The molecule has 150 valence electrons. The standard InChI is InChI=1S/C23H26N4O2/c1-29-20-9-6-8-18(14-20)22(27-11-4-5-12-27)16-25-23(28)26-19-13-17-7-2-3-10-21(17)24-15-19/h2-3,6-10,13-15,22H,4-5,11-12,16H2,1H3,(H2,25,26,28)/t22-/m1/s1. The number of likely N-dealkylation sites (tertiary alicyclic amines) is 1. The van der Waals surface area contributed by atoms with Crippen molar-refractivity contribution in [2.75, 3.05) is 32.1 Å². The van der Waals surface area contributed by atoms with E-state index in [9.17, 15) is 4.79 Å². The summed E-state index contributed by atoms with van der Waals surface area (Å²) in [6.45, 7) is 2.61. The summed E-state index contributed by atoms with van der Waals surface area (Å²) < 4.78 is 5.38. The summed E-state index contributed by atoms with van der Waals surface area (Å²) in [7, 11) is 1.67. The van der Waals surface area contributed by atoms with Gasteiger partial charge < -0.3 is 15.4 Å². The van der Waals surface area contributed by atoms with Crippen molar-refractivity contribution in [1.29, 1.82) is 0 Å². The van der Waals surface area contributed by atoms with Crippen LogP contribution in [0.3, 0.4) is 0 Å². The average Bonchev–Trinajstić information content (AvgIpc) is 3.28. The number of pyridine rings is 1. The van der Waals surface area contributed by atoms with Crippen LogP contribution in [0.5, 0.6) is 5.75 Å². The molecule has 0 bridgehead atoms. The first-order valence-corrected chi connectivity index (χ1v) is 10.0. The molecule has 0 unspecified atom stereocenters. The maximum absolute atomic E-state index is 12.5. The predicted octanol–water partition coefficient (Wildman–Crippen LogP) is 4.20. The number of benzene rings is 2. The van der Waals surface area contributed by atoms with Gasteiger partial charge in [0.05, 0.1) is 30.6 Å². The van der Waals surface area contributed by atoms with Gasteiger partial charge in [0.15, 0.2) is 0 Å². The molecular formula is C23H26N4O2. The predicted molar refractivity (Wildman–Crippen MR) is 115 cm³/mol. The molecule has 0 radical (unpaired) electrons. The number of urea groups is 1. The van der Waals surface area contributed by atoms with E-state index in [4.69, 9.17) is 4.74 Å². The third-order valence-corrected chi connectivity index (χ3v) is 5.36. The molecule has 0 spiro atoms. The van der Waals surface area contributed by atoms with Gasteiger partial charge in [-0.25, -0.2) is 4.79 Å². The highest BCUT2D eigenvalue weighted by atomic mass is 16.5. The quantitative estimate of drug-likeness (QED) is 0.662. The van der Waals surface area contributed by atoms with Crippen LogP contribution in [-0.4, -0.2) is 42.7 Å². The number of methoxy groups -OCH3 is 1. The number of rotatable bonds is 6. The van der Waals surface area contributed by atoms with Crippen LogP contribution < -0.4 is 15.4 Å². The lowest BCUT2D eigenvalue weighted by atomic mass is 10.1. The molecule has 6 nitrogen and oxygen atoms in total. The van der Waals surface area contributed by atoms with Crippen molar-refractivity contribution in [3.05, 3.63) is 66.4 Å². The van der Waals surface area contributed by atoms with E-state index in [0.717, 1.165) is 35.3 Å². The number of amides is 2. The van der Waals surface area contributed by atoms with Crippen molar-refractivity contribution in [2.45, 2.75) is 18.9 Å². The molecule has 1 atom stereocenters. The third kappa shape index (κ3) is 4.66. The van der Waals surface area contributed by atoms with E-state index in [0.29, 0.717) is 12.2 Å². The molecule has 3 aromatic rings. The lowest BCUT2D eigenvalue weighted by molar-refractivity contribution is 0.227. The van der Waals surface area contributed by atoms with Crippen molar-refractivity contribution < 1.29 is 9.53 Å². The maximum Gasteiger partial charge on any atom is 0.319 e. The van der Waals surface area contributed by atoms with Gasteiger partial charge in [0.25, 0.3) is 0 Å². The van der Waals surface area contributed by atoms with E-state index in [-0.39, 0.29) is 12.1 Å². The normalized spacial score (nSPS) is 15.2. The van der Waals surface area contributed by atoms with E-state index in [1.807, 2.05) is 42.5 Å². The Labute approximate surface area is 170 Å². The first-order valence-electron chi connectivity index (χ1n) is 10.0. The molecule has 2 aromatic carbocycles. The van der Waals surface area contributed by atoms with Crippen molar-refractivity contribution in [3.8, 4) is 5.75 Å². The topological polar surface area (TPSA) is 66.5 Å². The molecule has 4 rings (SSSR count). The summed E-state index contributed by atoms with van der Waals surface area (Å²) >= 11 is 0. The fraction of sp³-hybridized carbons (Fsp3) is 0.304. The molecule has 1 saturated heterocycles. The molecule has 2 N–H and O–H groups in total. The Morgan fingerprint density at radius 3 is 2.79 bits per heavy atom. The molecule has 6 heteroatoms. The lowest BCUT2D eigenvalue weighted by Gasteiger charge is -2.28. The number of fused-ring (bicyclic) bond motifs is 1. The van der Waals surface area contributed by atoms with Gasteiger partial charge in [0, 0.05) is 11.9 Å². The zero-order chi connectivity index (χ0) is 20.1. The van der Waals surface area contributed by atoms with Crippen LogP contribution in [0, 0.1) is 0 Å². The monoisotopic (exact) mass is 390 g/mol. The summed E-state index contributed by atoms with van der Waals surface area (Å²) in [6, 6.07) is 17.8. The second-order valence-corrected chi connectivity index (χ2v) is 7.29. The smallest absolute Gasteiger partial charge is 0.319 e. The number of carbonyl (C=O) groups is 1. The van der Waals surface area contributed by atoms with Crippen molar-refractivity contribution in [3.63, 3.8) is 0 Å². The lowest BCUT2D eigenvalue weighted by Crippen LogP contribution is -2.38. The summed E-state index contributed by atoms with van der Waals surface area (Å²) in [6.07, 6.45) is 4.06. The molecule has 1 aromatic heterocycles. The molecule has 29 heavy (non-hydrogen) atoms. The zero-order valence-electron chi connectivity index (χ0n) is 16.6. The van der Waals surface area contributed by atoms with Gasteiger partial charge >= 0.3 is 6.03 Å². The van der Waals surface area contributed by atoms with Gasteiger partial charge in [-0.1, -0.05) is 30.3 Å². The van der Waals surface area contributed by atoms with E-state index in [1.165, 1.54) is 12.8 Å². The van der Waals surface area contributed by atoms with E-state index >= 15 is 0 Å². The minimum absolute atomic E-state index is 0.119. The minimum Gasteiger partial charge on any atom is -0.497 e. The molecule has 1 aliphatic heterocycles. The maximum atomic E-state index is 12.5. The van der Waals surface area contributed by atoms with Gasteiger partial charge in [-0.15, -0.1) is 0 Å². The fourth-order valence-electron chi connectivity index (χ4n) is 3.86. The van der Waals surface area contributed by atoms with Crippen LogP contribution in [0.1, 0.15) is 24.4 Å².